The van der Waals surface area contributed by atoms with E-state index < -0.39 is 0 Å². The molecule has 0 unspecified atom stereocenters. The number of benzene rings is 1. The number of carbonyl (C=O) groups excluding carboxylic acids is 1. The summed E-state index contributed by atoms with van der Waals surface area (Å²) < 4.78 is 5.51. The summed E-state index contributed by atoms with van der Waals surface area (Å²) in [5.74, 6) is 1.40. The van der Waals surface area contributed by atoms with Crippen molar-refractivity contribution in [2.24, 2.45) is 11.3 Å². The summed E-state index contributed by atoms with van der Waals surface area (Å²) in [6.45, 7) is 3.27. The van der Waals surface area contributed by atoms with Crippen molar-refractivity contribution in [1.29, 1.82) is 0 Å². The Morgan fingerprint density at radius 1 is 1.44 bits per heavy atom. The molecule has 1 aliphatic carbocycles. The van der Waals surface area contributed by atoms with E-state index >= 15 is 0 Å². The van der Waals surface area contributed by atoms with E-state index in [1.165, 1.54) is 5.56 Å². The first-order chi connectivity index (χ1) is 7.74. The maximum atomic E-state index is 11.4. The van der Waals surface area contributed by atoms with Gasteiger partial charge in [0.25, 0.3) is 0 Å². The SMILES string of the molecule is CC(=O)C[C@]12COC[C@H]1[C@@H]2c1ccccc1. The third-order valence-corrected chi connectivity index (χ3v) is 4.06. The first-order valence-corrected chi connectivity index (χ1v) is 5.86. The lowest BCUT2D eigenvalue weighted by Gasteiger charge is -2.13. The van der Waals surface area contributed by atoms with Gasteiger partial charge >= 0.3 is 0 Å². The molecule has 1 aromatic carbocycles. The summed E-state index contributed by atoms with van der Waals surface area (Å²) in [6.07, 6.45) is 0.678. The van der Waals surface area contributed by atoms with Gasteiger partial charge in [0, 0.05) is 11.8 Å². The first kappa shape index (κ1) is 10.0. The highest BCUT2D eigenvalue weighted by Gasteiger charge is 2.68. The van der Waals surface area contributed by atoms with E-state index in [-0.39, 0.29) is 11.2 Å². The van der Waals surface area contributed by atoms with Crippen molar-refractivity contribution < 1.29 is 9.53 Å². The third-order valence-electron chi connectivity index (χ3n) is 4.06. The van der Waals surface area contributed by atoms with Gasteiger partial charge in [0.05, 0.1) is 13.2 Å². The molecule has 1 saturated heterocycles. The molecule has 1 aromatic rings. The van der Waals surface area contributed by atoms with Gasteiger partial charge < -0.3 is 9.53 Å². The second-order valence-corrected chi connectivity index (χ2v) is 5.12. The Bertz CT molecular complexity index is 412. The van der Waals surface area contributed by atoms with Crippen LogP contribution in [-0.4, -0.2) is 19.0 Å². The Hall–Kier alpha value is -1.15. The number of fused-ring (bicyclic) bond motifs is 1. The second kappa shape index (κ2) is 3.42. The summed E-state index contributed by atoms with van der Waals surface area (Å²) >= 11 is 0. The number of ether oxygens (including phenoxy) is 1. The molecule has 0 amide bonds. The summed E-state index contributed by atoms with van der Waals surface area (Å²) in [7, 11) is 0. The van der Waals surface area contributed by atoms with Crippen LogP contribution in [0.5, 0.6) is 0 Å². The highest BCUT2D eigenvalue weighted by atomic mass is 16.5. The first-order valence-electron chi connectivity index (χ1n) is 5.86. The molecule has 2 fully saturated rings. The minimum Gasteiger partial charge on any atom is -0.380 e. The molecule has 2 aliphatic rings. The number of ketones is 1. The molecule has 0 aromatic heterocycles. The molecule has 0 spiro atoms. The van der Waals surface area contributed by atoms with Crippen LogP contribution in [0.4, 0.5) is 0 Å². The van der Waals surface area contributed by atoms with Gasteiger partial charge in [0.1, 0.15) is 5.78 Å². The van der Waals surface area contributed by atoms with Crippen LogP contribution in [0.25, 0.3) is 0 Å². The predicted octanol–water partition coefficient (Wildman–Crippen LogP) is 2.40. The molecule has 3 rings (SSSR count). The van der Waals surface area contributed by atoms with Crippen molar-refractivity contribution in [2.75, 3.05) is 13.2 Å². The summed E-state index contributed by atoms with van der Waals surface area (Å²) in [5, 5.41) is 0. The molecule has 1 heterocycles. The normalized spacial score (nSPS) is 35.8. The van der Waals surface area contributed by atoms with Crippen molar-refractivity contribution >= 4 is 5.78 Å². The molecule has 0 radical (unpaired) electrons. The van der Waals surface area contributed by atoms with E-state index in [1.807, 2.05) is 6.07 Å². The molecular weight excluding hydrogens is 200 g/mol. The smallest absolute Gasteiger partial charge is 0.130 e. The van der Waals surface area contributed by atoms with Crippen LogP contribution in [0.15, 0.2) is 30.3 Å². The van der Waals surface area contributed by atoms with Gasteiger partial charge in [-0.3, -0.25) is 0 Å². The van der Waals surface area contributed by atoms with Crippen LogP contribution in [0.2, 0.25) is 0 Å². The topological polar surface area (TPSA) is 26.3 Å². The highest BCUT2D eigenvalue weighted by Crippen LogP contribution is 2.69. The van der Waals surface area contributed by atoms with E-state index in [9.17, 15) is 4.79 Å². The van der Waals surface area contributed by atoms with E-state index in [0.717, 1.165) is 13.2 Å². The number of hydrogen-bond acceptors (Lipinski definition) is 2. The fourth-order valence-corrected chi connectivity index (χ4v) is 3.39. The van der Waals surface area contributed by atoms with E-state index in [1.54, 1.807) is 6.92 Å². The summed E-state index contributed by atoms with van der Waals surface area (Å²) in [5.41, 5.74) is 1.50. The maximum Gasteiger partial charge on any atom is 0.130 e. The molecule has 2 heteroatoms. The standard InChI is InChI=1S/C14H16O2/c1-10(15)7-14-9-16-8-12(14)13(14)11-5-3-2-4-6-11/h2-6,12-13H,7-9H2,1H3/t12-,13-,14-/m0/s1. The van der Waals surface area contributed by atoms with Crippen molar-refractivity contribution in [1.82, 2.24) is 0 Å². The number of rotatable bonds is 3. The molecule has 0 N–H and O–H groups in total. The molecule has 1 aliphatic heterocycles. The lowest BCUT2D eigenvalue weighted by Crippen LogP contribution is -2.13. The Morgan fingerprint density at radius 2 is 2.19 bits per heavy atom. The van der Waals surface area contributed by atoms with Crippen molar-refractivity contribution in [3.05, 3.63) is 35.9 Å². The van der Waals surface area contributed by atoms with Crippen LogP contribution >= 0.6 is 0 Å². The van der Waals surface area contributed by atoms with Gasteiger partial charge in [0.15, 0.2) is 0 Å². The summed E-state index contributed by atoms with van der Waals surface area (Å²) in [4.78, 5) is 11.4. The maximum absolute atomic E-state index is 11.4. The zero-order valence-corrected chi connectivity index (χ0v) is 9.48. The Labute approximate surface area is 95.6 Å². The van der Waals surface area contributed by atoms with Gasteiger partial charge in [-0.2, -0.15) is 0 Å². The highest BCUT2D eigenvalue weighted by molar-refractivity contribution is 5.77. The zero-order chi connectivity index (χ0) is 11.2. The van der Waals surface area contributed by atoms with Crippen molar-refractivity contribution in [3.63, 3.8) is 0 Å². The Balaban J connectivity index is 1.87. The van der Waals surface area contributed by atoms with E-state index in [4.69, 9.17) is 4.74 Å². The molecule has 2 nitrogen and oxygen atoms in total. The third kappa shape index (κ3) is 1.33. The van der Waals surface area contributed by atoms with Gasteiger partial charge in [-0.05, 0) is 24.3 Å². The van der Waals surface area contributed by atoms with Crippen LogP contribution in [0, 0.1) is 11.3 Å². The number of hydrogen-bond donors (Lipinski definition) is 0. The minimum absolute atomic E-state index is 0.132. The lowest BCUT2D eigenvalue weighted by atomic mass is 9.94. The fourth-order valence-electron chi connectivity index (χ4n) is 3.39. The lowest BCUT2D eigenvalue weighted by molar-refractivity contribution is -0.118. The quantitative estimate of drug-likeness (QED) is 0.775. The largest absolute Gasteiger partial charge is 0.380 e. The van der Waals surface area contributed by atoms with Crippen molar-refractivity contribution in [2.45, 2.75) is 19.3 Å². The zero-order valence-electron chi connectivity index (χ0n) is 9.48. The molecule has 0 bridgehead atoms. The number of carbonyl (C=O) groups is 1. The molecule has 3 atom stereocenters. The van der Waals surface area contributed by atoms with Gasteiger partial charge in [-0.1, -0.05) is 30.3 Å². The van der Waals surface area contributed by atoms with Gasteiger partial charge in [-0.25, -0.2) is 0 Å². The fraction of sp³-hybridized carbons (Fsp3) is 0.500. The van der Waals surface area contributed by atoms with Gasteiger partial charge in [0.2, 0.25) is 0 Å². The van der Waals surface area contributed by atoms with Crippen LogP contribution in [0.1, 0.15) is 24.8 Å². The average molecular weight is 216 g/mol. The van der Waals surface area contributed by atoms with E-state index in [2.05, 4.69) is 24.3 Å². The number of Topliss-reactive ketones (excluding diaryl/α,β-unsaturated/α-hetero) is 1. The average Bonchev–Trinajstić information content (AvgIpc) is 2.67. The van der Waals surface area contributed by atoms with Crippen LogP contribution in [0.3, 0.4) is 0 Å². The Morgan fingerprint density at radius 3 is 2.88 bits per heavy atom. The molecule has 16 heavy (non-hydrogen) atoms. The second-order valence-electron chi connectivity index (χ2n) is 5.12. The monoisotopic (exact) mass is 216 g/mol. The van der Waals surface area contributed by atoms with Crippen LogP contribution in [-0.2, 0) is 9.53 Å². The van der Waals surface area contributed by atoms with Crippen molar-refractivity contribution in [3.8, 4) is 0 Å². The summed E-state index contributed by atoms with van der Waals surface area (Å²) in [6, 6.07) is 10.5. The Kier molecular flexibility index (Phi) is 2.15. The predicted molar refractivity (Wildman–Crippen MR) is 61.2 cm³/mol. The molecule has 1 saturated carbocycles. The van der Waals surface area contributed by atoms with Gasteiger partial charge in [-0.15, -0.1) is 0 Å². The molecular formula is C14H16O2. The van der Waals surface area contributed by atoms with E-state index in [0.29, 0.717) is 18.3 Å². The van der Waals surface area contributed by atoms with Crippen LogP contribution < -0.4 is 0 Å². The molecule has 84 valence electrons. The minimum atomic E-state index is 0.132.